The van der Waals surface area contributed by atoms with Gasteiger partial charge in [-0.15, -0.1) is 0 Å². The van der Waals surface area contributed by atoms with Crippen molar-refractivity contribution in [2.24, 2.45) is 28.7 Å². The molecule has 5 aliphatic heterocycles. The third-order valence-corrected chi connectivity index (χ3v) is 11.4. The smallest absolute Gasteiger partial charge is 0.281 e. The number of hydrogen-bond donors (Lipinski definition) is 2. The van der Waals surface area contributed by atoms with Crippen molar-refractivity contribution in [1.29, 1.82) is 0 Å². The Morgan fingerprint density at radius 2 is 2.02 bits per heavy atom. The molecule has 2 aliphatic carbocycles. The molecule has 10 heteroatoms. The summed E-state index contributed by atoms with van der Waals surface area (Å²) in [5.74, 6) is -3.58. The second-order valence-corrected chi connectivity index (χ2v) is 14.2. The number of aliphatic imine (C=N–C) groups is 1. The first-order chi connectivity index (χ1) is 21.6. The normalized spacial score (nSPS) is 38.4. The van der Waals surface area contributed by atoms with Crippen LogP contribution in [0.5, 0.6) is 0 Å². The van der Waals surface area contributed by atoms with Crippen LogP contribution in [0, 0.1) is 23.7 Å². The number of amides is 3. The maximum Gasteiger partial charge on any atom is 0.281 e. The number of rotatable bonds is 5. The van der Waals surface area contributed by atoms with Crippen molar-refractivity contribution in [1.82, 2.24) is 20.0 Å². The Balaban J connectivity index is 1.10. The molecule has 4 saturated heterocycles. The number of likely N-dealkylation sites (tertiary alicyclic amines) is 1. The SMILES string of the molecule is CC(C)[C@@]1(NC(=O)[C@@H]2C[C@@H]3C4=CC=CC5=NC=C(C[C@H]3N(C)C2)C45)O[C@@]2(O)[C@@H]3CCCN3C(=O)[C@H](Cc3ccccc3)N2C1=O. The topological polar surface area (TPSA) is 115 Å². The number of hydrogen-bond acceptors (Lipinski definition) is 7. The van der Waals surface area contributed by atoms with Crippen LogP contribution in [0.2, 0.25) is 0 Å². The lowest BCUT2D eigenvalue weighted by molar-refractivity contribution is -0.321. The van der Waals surface area contributed by atoms with Crippen LogP contribution in [0.1, 0.15) is 45.1 Å². The van der Waals surface area contributed by atoms with Crippen LogP contribution < -0.4 is 5.32 Å². The number of carbonyl (C=O) groups excluding carboxylic acids is 3. The van der Waals surface area contributed by atoms with Crippen molar-refractivity contribution < 1.29 is 24.2 Å². The minimum atomic E-state index is -2.05. The number of fused-ring (bicyclic) bond motifs is 5. The fourth-order valence-electron chi connectivity index (χ4n) is 9.16. The van der Waals surface area contributed by atoms with Gasteiger partial charge < -0.3 is 20.2 Å². The first-order valence-corrected chi connectivity index (χ1v) is 16.4. The lowest BCUT2D eigenvalue weighted by Gasteiger charge is -2.49. The van der Waals surface area contributed by atoms with Gasteiger partial charge in [-0.25, -0.2) is 0 Å². The van der Waals surface area contributed by atoms with Gasteiger partial charge in [-0.1, -0.05) is 61.9 Å². The number of carbonyl (C=O) groups is 3. The van der Waals surface area contributed by atoms with Crippen molar-refractivity contribution in [2.45, 2.75) is 75.7 Å². The summed E-state index contributed by atoms with van der Waals surface area (Å²) in [5, 5.41) is 15.4. The summed E-state index contributed by atoms with van der Waals surface area (Å²) in [6, 6.07) is 8.15. The molecule has 45 heavy (non-hydrogen) atoms. The molecule has 3 amide bonds. The van der Waals surface area contributed by atoms with Gasteiger partial charge in [-0.2, -0.15) is 0 Å². The van der Waals surface area contributed by atoms with Crippen molar-refractivity contribution >= 4 is 23.4 Å². The van der Waals surface area contributed by atoms with Gasteiger partial charge >= 0.3 is 0 Å². The summed E-state index contributed by atoms with van der Waals surface area (Å²) < 4.78 is 6.51. The second-order valence-electron chi connectivity index (χ2n) is 14.2. The molecule has 236 valence electrons. The Kier molecular flexibility index (Phi) is 6.54. The van der Waals surface area contributed by atoms with Crippen LogP contribution in [0.4, 0.5) is 0 Å². The number of allylic oxidation sites excluding steroid dienone is 3. The summed E-state index contributed by atoms with van der Waals surface area (Å²) in [5.41, 5.74) is 2.79. The molecule has 10 nitrogen and oxygen atoms in total. The van der Waals surface area contributed by atoms with E-state index in [1.807, 2.05) is 50.4 Å². The van der Waals surface area contributed by atoms with E-state index in [4.69, 9.17) is 4.74 Å². The highest BCUT2D eigenvalue weighted by Crippen LogP contribution is 2.50. The summed E-state index contributed by atoms with van der Waals surface area (Å²) in [6.45, 7) is 4.68. The number of nitrogens with zero attached hydrogens (tertiary/aromatic N) is 4. The number of ether oxygens (including phenoxy) is 1. The zero-order chi connectivity index (χ0) is 31.2. The summed E-state index contributed by atoms with van der Waals surface area (Å²) in [4.78, 5) is 52.7. The van der Waals surface area contributed by atoms with E-state index in [1.54, 1.807) is 4.90 Å². The molecule has 7 aliphatic rings. The van der Waals surface area contributed by atoms with Crippen LogP contribution >= 0.6 is 0 Å². The average molecular weight is 612 g/mol. The molecular formula is C35H41N5O5. The Labute approximate surface area is 263 Å². The summed E-state index contributed by atoms with van der Waals surface area (Å²) in [7, 11) is 2.07. The predicted molar refractivity (Wildman–Crippen MR) is 166 cm³/mol. The van der Waals surface area contributed by atoms with Gasteiger partial charge in [-0.05, 0) is 55.9 Å². The van der Waals surface area contributed by atoms with Gasteiger partial charge in [0.1, 0.15) is 12.1 Å². The predicted octanol–water partition coefficient (Wildman–Crippen LogP) is 2.37. The monoisotopic (exact) mass is 611 g/mol. The molecule has 8 rings (SSSR count). The van der Waals surface area contributed by atoms with Crippen LogP contribution in [-0.4, -0.2) is 93.1 Å². The third kappa shape index (κ3) is 4.11. The van der Waals surface area contributed by atoms with Crippen molar-refractivity contribution in [2.75, 3.05) is 20.1 Å². The highest BCUT2D eigenvalue weighted by molar-refractivity contribution is 6.04. The largest absolute Gasteiger partial charge is 0.347 e. The van der Waals surface area contributed by atoms with E-state index in [2.05, 4.69) is 40.5 Å². The van der Waals surface area contributed by atoms with E-state index in [0.717, 1.165) is 17.7 Å². The molecule has 1 saturated carbocycles. The molecule has 0 bridgehead atoms. The molecule has 5 heterocycles. The summed E-state index contributed by atoms with van der Waals surface area (Å²) >= 11 is 0. The number of aliphatic hydroxyl groups is 1. The highest BCUT2D eigenvalue weighted by Gasteiger charge is 2.72. The van der Waals surface area contributed by atoms with E-state index in [9.17, 15) is 19.5 Å². The molecule has 1 aromatic rings. The number of piperazine rings is 1. The Hall–Kier alpha value is -3.60. The van der Waals surface area contributed by atoms with Gasteiger partial charge in [0.2, 0.25) is 17.5 Å². The molecule has 5 fully saturated rings. The van der Waals surface area contributed by atoms with Crippen molar-refractivity contribution in [3.05, 3.63) is 71.5 Å². The van der Waals surface area contributed by atoms with Gasteiger partial charge in [0.25, 0.3) is 11.8 Å². The minimum absolute atomic E-state index is 0.181. The van der Waals surface area contributed by atoms with Crippen LogP contribution in [0.25, 0.3) is 0 Å². The maximum atomic E-state index is 14.6. The van der Waals surface area contributed by atoms with Gasteiger partial charge in [0.15, 0.2) is 0 Å². The lowest BCUT2D eigenvalue weighted by atomic mass is 9.64. The molecule has 2 N–H and O–H groups in total. The zero-order valence-electron chi connectivity index (χ0n) is 26.1. The van der Waals surface area contributed by atoms with Gasteiger partial charge in [-0.3, -0.25) is 29.0 Å². The third-order valence-electron chi connectivity index (χ3n) is 11.4. The minimum Gasteiger partial charge on any atom is -0.347 e. The fraction of sp³-hybridized carbons (Fsp3) is 0.543. The standard InChI is InChI=1S/C35H41N5O5/c1-20(2)34(37-31(41)23-16-25-24-11-7-12-26-30(24)22(18-36-26)17-27(25)38(3)19-23)33(43)40-28(15-21-9-5-4-6-10-21)32(42)39-14-8-13-29(39)35(40,44)45-34/h4-7,9-12,18,20,23,25,27-30,44H,8,13-17,19H2,1-3H3,(H,37,41)/t23-,25-,27-,28+,29+,30?,34-,35+/m1/s1. The van der Waals surface area contributed by atoms with E-state index in [-0.39, 0.29) is 42.0 Å². The van der Waals surface area contributed by atoms with Gasteiger partial charge in [0, 0.05) is 43.6 Å². The fourth-order valence-corrected chi connectivity index (χ4v) is 9.16. The molecule has 0 spiro atoms. The quantitative estimate of drug-likeness (QED) is 0.529. The molecule has 0 aromatic heterocycles. The Morgan fingerprint density at radius 3 is 2.80 bits per heavy atom. The van der Waals surface area contributed by atoms with E-state index in [0.29, 0.717) is 32.4 Å². The molecule has 0 radical (unpaired) electrons. The average Bonchev–Trinajstić information content (AvgIpc) is 3.74. The number of piperidine rings is 1. The lowest BCUT2D eigenvalue weighted by Crippen LogP contribution is -2.71. The summed E-state index contributed by atoms with van der Waals surface area (Å²) in [6.07, 6.45) is 11.4. The van der Waals surface area contributed by atoms with Crippen LogP contribution in [0.15, 0.2) is 70.9 Å². The van der Waals surface area contributed by atoms with Crippen LogP contribution in [-0.2, 0) is 25.5 Å². The number of nitrogens with one attached hydrogen (secondary N) is 1. The molecule has 8 atom stereocenters. The Bertz CT molecular complexity index is 1580. The highest BCUT2D eigenvalue weighted by atomic mass is 16.7. The Morgan fingerprint density at radius 1 is 1.22 bits per heavy atom. The van der Waals surface area contributed by atoms with E-state index in [1.165, 1.54) is 16.0 Å². The molecule has 1 aromatic carbocycles. The molecule has 1 unspecified atom stereocenters. The second kappa shape index (κ2) is 10.2. The maximum absolute atomic E-state index is 14.6. The molecular weight excluding hydrogens is 570 g/mol. The van der Waals surface area contributed by atoms with Gasteiger partial charge in [0.05, 0.1) is 11.6 Å². The van der Waals surface area contributed by atoms with Crippen molar-refractivity contribution in [3.8, 4) is 0 Å². The van der Waals surface area contributed by atoms with E-state index >= 15 is 0 Å². The first kappa shape index (κ1) is 28.8. The zero-order valence-corrected chi connectivity index (χ0v) is 26.1. The number of benzene rings is 1. The van der Waals surface area contributed by atoms with Crippen molar-refractivity contribution in [3.63, 3.8) is 0 Å². The first-order valence-electron chi connectivity index (χ1n) is 16.4. The van der Waals surface area contributed by atoms with E-state index < -0.39 is 35.5 Å². The van der Waals surface area contributed by atoms with Crippen LogP contribution in [0.3, 0.4) is 0 Å².